The number of carbonyl (C=O) groups is 1. The maximum absolute atomic E-state index is 11.8. The summed E-state index contributed by atoms with van der Waals surface area (Å²) in [6.45, 7) is 4.68. The molecule has 188 valence electrons. The molecule has 0 radical (unpaired) electrons. The van der Waals surface area contributed by atoms with E-state index in [1.54, 1.807) is 30.1 Å². The molecule has 10 nitrogen and oxygen atoms in total. The number of anilines is 1. The van der Waals surface area contributed by atoms with Crippen LogP contribution >= 0.6 is 0 Å². The molecule has 5 aromatic rings. The first-order valence-corrected chi connectivity index (χ1v) is 12.0. The third kappa shape index (κ3) is 4.91. The number of rotatable bonds is 8. The van der Waals surface area contributed by atoms with Crippen LogP contribution in [-0.4, -0.2) is 47.3 Å². The molecule has 0 aliphatic rings. The van der Waals surface area contributed by atoms with Gasteiger partial charge in [0.05, 0.1) is 17.6 Å². The minimum absolute atomic E-state index is 0.00524. The molecule has 0 aliphatic carbocycles. The molecule has 5 rings (SSSR count). The van der Waals surface area contributed by atoms with E-state index in [-0.39, 0.29) is 11.9 Å². The Morgan fingerprint density at radius 1 is 1.16 bits per heavy atom. The summed E-state index contributed by atoms with van der Waals surface area (Å²) in [5.74, 6) is 0.0601. The molecular formula is C27H28N8O2. The molecule has 4 heterocycles. The van der Waals surface area contributed by atoms with Gasteiger partial charge in [0.1, 0.15) is 11.2 Å². The molecule has 0 spiro atoms. The smallest absolute Gasteiger partial charge is 0.221 e. The van der Waals surface area contributed by atoms with Crippen LogP contribution in [0.1, 0.15) is 31.5 Å². The maximum Gasteiger partial charge on any atom is 0.221 e. The van der Waals surface area contributed by atoms with E-state index in [0.717, 1.165) is 22.1 Å². The molecule has 1 atom stereocenters. The van der Waals surface area contributed by atoms with Gasteiger partial charge in [-0.2, -0.15) is 5.10 Å². The summed E-state index contributed by atoms with van der Waals surface area (Å²) < 4.78 is 1.75. The summed E-state index contributed by atoms with van der Waals surface area (Å²) in [6, 6.07) is 13.1. The third-order valence-corrected chi connectivity index (χ3v) is 6.29. The van der Waals surface area contributed by atoms with Gasteiger partial charge in [-0.3, -0.25) is 9.48 Å². The molecule has 0 fully saturated rings. The number of nitrogens with zero attached hydrogens (tertiary/aromatic N) is 5. The number of H-pyrrole nitrogens is 1. The maximum atomic E-state index is 11.8. The average molecular weight is 497 g/mol. The van der Waals surface area contributed by atoms with E-state index >= 15 is 0 Å². The summed E-state index contributed by atoms with van der Waals surface area (Å²) >= 11 is 0. The molecule has 37 heavy (non-hydrogen) atoms. The highest BCUT2D eigenvalue weighted by Gasteiger charge is 2.28. The van der Waals surface area contributed by atoms with Crippen LogP contribution in [0.25, 0.3) is 33.4 Å². The second-order valence-electron chi connectivity index (χ2n) is 8.95. The first-order valence-electron chi connectivity index (χ1n) is 12.0. The van der Waals surface area contributed by atoms with Crippen LogP contribution in [0.4, 0.5) is 5.95 Å². The van der Waals surface area contributed by atoms with Gasteiger partial charge in [-0.05, 0) is 31.5 Å². The van der Waals surface area contributed by atoms with E-state index < -0.39 is 5.60 Å². The molecule has 4 aromatic heterocycles. The summed E-state index contributed by atoms with van der Waals surface area (Å²) in [5, 5.41) is 19.3. The fourth-order valence-electron chi connectivity index (χ4n) is 4.27. The summed E-state index contributed by atoms with van der Waals surface area (Å²) in [7, 11) is 0. The van der Waals surface area contributed by atoms with Gasteiger partial charge in [-0.1, -0.05) is 30.3 Å². The van der Waals surface area contributed by atoms with Crippen molar-refractivity contribution in [1.82, 2.24) is 35.0 Å². The quantitative estimate of drug-likeness (QED) is 0.258. The number of amides is 1. The molecule has 1 unspecified atom stereocenters. The minimum atomic E-state index is -1.36. The third-order valence-electron chi connectivity index (χ3n) is 6.29. The zero-order chi connectivity index (χ0) is 26.0. The van der Waals surface area contributed by atoms with E-state index in [1.807, 2.05) is 55.7 Å². The number of nitrogens with two attached hydrogens (primary N) is 1. The predicted octanol–water partition coefficient (Wildman–Crippen LogP) is 3.25. The van der Waals surface area contributed by atoms with Gasteiger partial charge >= 0.3 is 0 Å². The zero-order valence-electron chi connectivity index (χ0n) is 20.6. The SMILES string of the molecule is CCNC(=O)CCn1cc(-c2cnc3[nH]cc(-c4cc(C(C)(O)c5ccccc5)nc(N)n4)c3c2)cn1. The lowest BCUT2D eigenvalue weighted by Gasteiger charge is -2.24. The van der Waals surface area contributed by atoms with Crippen molar-refractivity contribution in [3.63, 3.8) is 0 Å². The number of aryl methyl sites for hydroxylation is 1. The van der Waals surface area contributed by atoms with E-state index in [4.69, 9.17) is 5.73 Å². The number of fused-ring (bicyclic) bond motifs is 1. The average Bonchev–Trinajstić information content (AvgIpc) is 3.55. The fraction of sp³-hybridized carbons (Fsp3) is 0.222. The Morgan fingerprint density at radius 3 is 2.76 bits per heavy atom. The number of nitrogens with one attached hydrogen (secondary N) is 2. The number of aromatic nitrogens is 6. The second-order valence-corrected chi connectivity index (χ2v) is 8.95. The Bertz CT molecular complexity index is 1560. The van der Waals surface area contributed by atoms with E-state index in [1.165, 1.54) is 0 Å². The highest BCUT2D eigenvalue weighted by Crippen LogP contribution is 2.34. The number of nitrogen functional groups attached to an aromatic ring is 1. The molecule has 0 saturated carbocycles. The lowest BCUT2D eigenvalue weighted by atomic mass is 9.91. The number of aromatic amines is 1. The van der Waals surface area contributed by atoms with Crippen LogP contribution in [0.2, 0.25) is 0 Å². The van der Waals surface area contributed by atoms with Gasteiger partial charge in [-0.15, -0.1) is 0 Å². The fourth-order valence-corrected chi connectivity index (χ4v) is 4.27. The van der Waals surface area contributed by atoms with E-state index in [9.17, 15) is 9.90 Å². The van der Waals surface area contributed by atoms with Crippen molar-refractivity contribution in [2.45, 2.75) is 32.4 Å². The predicted molar refractivity (Wildman–Crippen MR) is 141 cm³/mol. The van der Waals surface area contributed by atoms with Crippen molar-refractivity contribution in [1.29, 1.82) is 0 Å². The number of pyridine rings is 1. The van der Waals surface area contributed by atoms with Crippen LogP contribution in [0.5, 0.6) is 0 Å². The van der Waals surface area contributed by atoms with Crippen molar-refractivity contribution >= 4 is 22.9 Å². The van der Waals surface area contributed by atoms with Crippen LogP contribution in [0.3, 0.4) is 0 Å². The summed E-state index contributed by atoms with van der Waals surface area (Å²) in [5.41, 5.74) is 9.62. The number of hydrogen-bond donors (Lipinski definition) is 4. The molecule has 0 bridgehead atoms. The molecule has 0 saturated heterocycles. The molecule has 5 N–H and O–H groups in total. The second kappa shape index (κ2) is 9.82. The monoisotopic (exact) mass is 496 g/mol. The van der Waals surface area contributed by atoms with E-state index in [0.29, 0.717) is 42.1 Å². The zero-order valence-corrected chi connectivity index (χ0v) is 20.6. The molecule has 0 aliphatic heterocycles. The largest absolute Gasteiger partial charge is 0.379 e. The lowest BCUT2D eigenvalue weighted by molar-refractivity contribution is -0.121. The van der Waals surface area contributed by atoms with Crippen LogP contribution < -0.4 is 11.1 Å². The van der Waals surface area contributed by atoms with Crippen molar-refractivity contribution in [3.05, 3.63) is 78.5 Å². The van der Waals surface area contributed by atoms with Gasteiger partial charge < -0.3 is 21.1 Å². The van der Waals surface area contributed by atoms with Crippen molar-refractivity contribution in [3.8, 4) is 22.4 Å². The molecular weight excluding hydrogens is 468 g/mol. The standard InChI is InChI=1S/C27H28N8O2/c1-3-29-24(36)9-10-35-16-18(14-32-35)17-11-20-21(15-31-25(20)30-13-17)22-12-23(34-26(28)33-22)27(2,37)19-7-5-4-6-8-19/h4-8,11-16,37H,3,9-10H2,1-2H3,(H,29,36)(H,30,31)(H2,28,33,34). The number of benzene rings is 1. The van der Waals surface area contributed by atoms with E-state index in [2.05, 4.69) is 30.4 Å². The summed E-state index contributed by atoms with van der Waals surface area (Å²) in [4.78, 5) is 28.3. The Balaban J connectivity index is 1.48. The normalized spacial score (nSPS) is 12.9. The Kier molecular flexibility index (Phi) is 6.41. The van der Waals surface area contributed by atoms with Crippen molar-refractivity contribution in [2.24, 2.45) is 0 Å². The first kappa shape index (κ1) is 24.1. The summed E-state index contributed by atoms with van der Waals surface area (Å²) in [6.07, 6.45) is 7.60. The van der Waals surface area contributed by atoms with Crippen LogP contribution in [0.15, 0.2) is 67.3 Å². The molecule has 10 heteroatoms. The number of hydrogen-bond acceptors (Lipinski definition) is 7. The topological polar surface area (TPSA) is 148 Å². The van der Waals surface area contributed by atoms with Gasteiger partial charge in [0, 0.05) is 60.2 Å². The Hall–Kier alpha value is -4.57. The lowest BCUT2D eigenvalue weighted by Crippen LogP contribution is -2.25. The molecule has 1 amide bonds. The van der Waals surface area contributed by atoms with Crippen molar-refractivity contribution < 1.29 is 9.90 Å². The highest BCUT2D eigenvalue weighted by atomic mass is 16.3. The van der Waals surface area contributed by atoms with Gasteiger partial charge in [0.15, 0.2) is 0 Å². The minimum Gasteiger partial charge on any atom is -0.379 e. The van der Waals surface area contributed by atoms with Gasteiger partial charge in [-0.25, -0.2) is 15.0 Å². The van der Waals surface area contributed by atoms with Crippen molar-refractivity contribution in [2.75, 3.05) is 12.3 Å². The molecule has 1 aromatic carbocycles. The van der Waals surface area contributed by atoms with Gasteiger partial charge in [0.2, 0.25) is 11.9 Å². The Morgan fingerprint density at radius 2 is 1.97 bits per heavy atom. The van der Waals surface area contributed by atoms with Crippen LogP contribution in [0, 0.1) is 0 Å². The number of aliphatic hydroxyl groups is 1. The van der Waals surface area contributed by atoms with Gasteiger partial charge in [0.25, 0.3) is 0 Å². The Labute approximate surface area is 213 Å². The number of carbonyl (C=O) groups excluding carboxylic acids is 1. The van der Waals surface area contributed by atoms with Crippen LogP contribution in [-0.2, 0) is 16.9 Å². The first-order chi connectivity index (χ1) is 17.8. The highest BCUT2D eigenvalue weighted by molar-refractivity contribution is 5.95.